The highest BCUT2D eigenvalue weighted by atomic mass is 79.9. The fraction of sp³-hybridized carbons (Fsp3) is 0. The van der Waals surface area contributed by atoms with E-state index in [9.17, 15) is 4.79 Å². The van der Waals surface area contributed by atoms with E-state index in [4.69, 9.17) is 11.6 Å². The van der Waals surface area contributed by atoms with E-state index in [-0.39, 0.29) is 5.78 Å². The molecule has 0 fully saturated rings. The summed E-state index contributed by atoms with van der Waals surface area (Å²) in [4.78, 5) is 16.7. The lowest BCUT2D eigenvalue weighted by molar-refractivity contribution is 0.104. The van der Waals surface area contributed by atoms with Crippen molar-refractivity contribution in [3.63, 3.8) is 0 Å². The standard InChI is InChI=1S/C16H9BrClNO/c17-12-6-11(7-13(18)8-12)16(20)15-3-1-2-10-9-19-5-4-14(10)15/h1-9H. The minimum absolute atomic E-state index is 0.0509. The van der Waals surface area contributed by atoms with Gasteiger partial charge in [0.15, 0.2) is 5.78 Å². The summed E-state index contributed by atoms with van der Waals surface area (Å²) in [6.07, 6.45) is 3.44. The first-order valence-electron chi connectivity index (χ1n) is 5.99. The van der Waals surface area contributed by atoms with Gasteiger partial charge in [-0.05, 0) is 29.7 Å². The number of aromatic nitrogens is 1. The highest BCUT2D eigenvalue weighted by Crippen LogP contribution is 2.24. The van der Waals surface area contributed by atoms with Crippen LogP contribution in [0.2, 0.25) is 5.02 Å². The second-order valence-electron chi connectivity index (χ2n) is 4.39. The van der Waals surface area contributed by atoms with E-state index in [2.05, 4.69) is 20.9 Å². The Morgan fingerprint density at radius 3 is 2.80 bits per heavy atom. The van der Waals surface area contributed by atoms with Crippen LogP contribution in [0.4, 0.5) is 0 Å². The fourth-order valence-corrected chi connectivity index (χ4v) is 3.02. The van der Waals surface area contributed by atoms with Crippen molar-refractivity contribution in [2.75, 3.05) is 0 Å². The third kappa shape index (κ3) is 2.47. The number of rotatable bonds is 2. The molecule has 1 aromatic heterocycles. The summed E-state index contributed by atoms with van der Waals surface area (Å²) in [6.45, 7) is 0. The molecule has 0 aliphatic rings. The minimum atomic E-state index is -0.0509. The first-order chi connectivity index (χ1) is 9.65. The molecule has 20 heavy (non-hydrogen) atoms. The van der Waals surface area contributed by atoms with E-state index < -0.39 is 0 Å². The predicted octanol–water partition coefficient (Wildman–Crippen LogP) is 4.88. The van der Waals surface area contributed by atoms with E-state index in [0.717, 1.165) is 15.2 Å². The Balaban J connectivity index is 2.17. The van der Waals surface area contributed by atoms with Gasteiger partial charge in [0, 0.05) is 38.4 Å². The van der Waals surface area contributed by atoms with Crippen molar-refractivity contribution >= 4 is 44.1 Å². The molecule has 98 valence electrons. The van der Waals surface area contributed by atoms with E-state index >= 15 is 0 Å². The van der Waals surface area contributed by atoms with Crippen molar-refractivity contribution in [1.29, 1.82) is 0 Å². The van der Waals surface area contributed by atoms with Crippen LogP contribution in [-0.2, 0) is 0 Å². The quantitative estimate of drug-likeness (QED) is 0.619. The Kier molecular flexibility index (Phi) is 3.55. The van der Waals surface area contributed by atoms with Crippen LogP contribution in [0, 0.1) is 0 Å². The van der Waals surface area contributed by atoms with Crippen molar-refractivity contribution in [2.45, 2.75) is 0 Å². The maximum absolute atomic E-state index is 12.7. The molecular formula is C16H9BrClNO. The number of hydrogen-bond donors (Lipinski definition) is 0. The zero-order valence-corrected chi connectivity index (χ0v) is 12.6. The fourth-order valence-electron chi connectivity index (χ4n) is 2.16. The molecular weight excluding hydrogens is 338 g/mol. The van der Waals surface area contributed by atoms with E-state index in [1.165, 1.54) is 0 Å². The Morgan fingerprint density at radius 1 is 1.15 bits per heavy atom. The van der Waals surface area contributed by atoms with E-state index in [1.807, 2.05) is 24.3 Å². The van der Waals surface area contributed by atoms with Crippen molar-refractivity contribution < 1.29 is 4.79 Å². The van der Waals surface area contributed by atoms with Gasteiger partial charge in [-0.2, -0.15) is 0 Å². The smallest absolute Gasteiger partial charge is 0.193 e. The Labute approximate surface area is 129 Å². The number of benzene rings is 2. The number of fused-ring (bicyclic) bond motifs is 1. The van der Waals surface area contributed by atoms with Gasteiger partial charge in [-0.1, -0.05) is 45.7 Å². The van der Waals surface area contributed by atoms with Crippen LogP contribution in [0.3, 0.4) is 0 Å². The molecule has 1 heterocycles. The highest BCUT2D eigenvalue weighted by molar-refractivity contribution is 9.10. The topological polar surface area (TPSA) is 30.0 Å². The number of ketones is 1. The SMILES string of the molecule is O=C(c1cc(Cl)cc(Br)c1)c1cccc2cnccc12. The van der Waals surface area contributed by atoms with Gasteiger partial charge in [0.2, 0.25) is 0 Å². The summed E-state index contributed by atoms with van der Waals surface area (Å²) in [5, 5.41) is 2.37. The molecule has 0 bridgehead atoms. The van der Waals surface area contributed by atoms with Gasteiger partial charge in [-0.3, -0.25) is 9.78 Å². The minimum Gasteiger partial charge on any atom is -0.289 e. The second-order valence-corrected chi connectivity index (χ2v) is 5.74. The van der Waals surface area contributed by atoms with Crippen molar-refractivity contribution in [1.82, 2.24) is 4.98 Å². The van der Waals surface area contributed by atoms with E-state index in [1.54, 1.807) is 30.6 Å². The van der Waals surface area contributed by atoms with Crippen LogP contribution in [0.25, 0.3) is 10.8 Å². The van der Waals surface area contributed by atoms with Gasteiger partial charge >= 0.3 is 0 Å². The number of pyridine rings is 1. The molecule has 0 radical (unpaired) electrons. The summed E-state index contributed by atoms with van der Waals surface area (Å²) in [5.74, 6) is -0.0509. The summed E-state index contributed by atoms with van der Waals surface area (Å²) < 4.78 is 0.787. The number of carbonyl (C=O) groups excluding carboxylic acids is 1. The normalized spacial score (nSPS) is 10.7. The van der Waals surface area contributed by atoms with Gasteiger partial charge in [-0.25, -0.2) is 0 Å². The van der Waals surface area contributed by atoms with Crippen molar-refractivity contribution in [2.24, 2.45) is 0 Å². The van der Waals surface area contributed by atoms with Crippen LogP contribution in [0.1, 0.15) is 15.9 Å². The average Bonchev–Trinajstić information content (AvgIpc) is 2.45. The predicted molar refractivity (Wildman–Crippen MR) is 84.3 cm³/mol. The zero-order chi connectivity index (χ0) is 14.1. The highest BCUT2D eigenvalue weighted by Gasteiger charge is 2.13. The Hall–Kier alpha value is -1.71. The van der Waals surface area contributed by atoms with Gasteiger partial charge in [0.25, 0.3) is 0 Å². The molecule has 3 rings (SSSR count). The average molecular weight is 347 g/mol. The lowest BCUT2D eigenvalue weighted by Gasteiger charge is -2.06. The Morgan fingerprint density at radius 2 is 2.00 bits per heavy atom. The number of halogens is 2. The summed E-state index contributed by atoms with van der Waals surface area (Å²) in [6, 6.07) is 12.7. The first-order valence-corrected chi connectivity index (χ1v) is 7.16. The third-order valence-electron chi connectivity index (χ3n) is 3.05. The van der Waals surface area contributed by atoms with Crippen LogP contribution < -0.4 is 0 Å². The molecule has 3 aromatic rings. The number of carbonyl (C=O) groups is 1. The molecule has 0 aliphatic heterocycles. The zero-order valence-electron chi connectivity index (χ0n) is 10.3. The lowest BCUT2D eigenvalue weighted by atomic mass is 9.98. The largest absolute Gasteiger partial charge is 0.289 e. The van der Waals surface area contributed by atoms with Gasteiger partial charge in [0.05, 0.1) is 0 Å². The van der Waals surface area contributed by atoms with Gasteiger partial charge < -0.3 is 0 Å². The van der Waals surface area contributed by atoms with Gasteiger partial charge in [0.1, 0.15) is 0 Å². The van der Waals surface area contributed by atoms with Crippen LogP contribution in [-0.4, -0.2) is 10.8 Å². The number of nitrogens with zero attached hydrogens (tertiary/aromatic N) is 1. The lowest BCUT2D eigenvalue weighted by Crippen LogP contribution is -2.02. The first kappa shape index (κ1) is 13.3. The van der Waals surface area contributed by atoms with Crippen molar-refractivity contribution in [3.05, 3.63) is 75.5 Å². The maximum Gasteiger partial charge on any atom is 0.193 e. The summed E-state index contributed by atoms with van der Waals surface area (Å²) in [7, 11) is 0. The van der Waals surface area contributed by atoms with Gasteiger partial charge in [-0.15, -0.1) is 0 Å². The molecule has 2 aromatic carbocycles. The molecule has 2 nitrogen and oxygen atoms in total. The monoisotopic (exact) mass is 345 g/mol. The molecule has 4 heteroatoms. The molecule has 0 saturated heterocycles. The second kappa shape index (κ2) is 5.35. The third-order valence-corrected chi connectivity index (χ3v) is 3.73. The molecule has 0 atom stereocenters. The molecule has 0 aliphatic carbocycles. The van der Waals surface area contributed by atoms with Crippen LogP contribution >= 0.6 is 27.5 Å². The summed E-state index contributed by atoms with van der Waals surface area (Å²) >= 11 is 9.36. The molecule has 0 saturated carbocycles. The molecule has 0 unspecified atom stereocenters. The van der Waals surface area contributed by atoms with Crippen molar-refractivity contribution in [3.8, 4) is 0 Å². The molecule has 0 N–H and O–H groups in total. The van der Waals surface area contributed by atoms with Crippen LogP contribution in [0.5, 0.6) is 0 Å². The molecule has 0 amide bonds. The summed E-state index contributed by atoms with van der Waals surface area (Å²) in [5.41, 5.74) is 1.22. The van der Waals surface area contributed by atoms with E-state index in [0.29, 0.717) is 16.1 Å². The van der Waals surface area contributed by atoms with Crippen LogP contribution in [0.15, 0.2) is 59.3 Å². The number of hydrogen-bond acceptors (Lipinski definition) is 2. The maximum atomic E-state index is 12.7. The molecule has 0 spiro atoms. The Bertz CT molecular complexity index is 791.